The molecule has 0 aromatic carbocycles. The molecular weight excluding hydrogens is 380 g/mol. The molecule has 0 amide bonds. The van der Waals surface area contributed by atoms with E-state index in [9.17, 15) is 8.42 Å². The molecule has 3 rings (SSSR count). The van der Waals surface area contributed by atoms with Gasteiger partial charge in [-0.05, 0) is 51.1 Å². The van der Waals surface area contributed by atoms with Crippen molar-refractivity contribution in [3.05, 3.63) is 21.9 Å². The number of fused-ring (bicyclic) bond motifs is 1. The topological polar surface area (TPSA) is 65.0 Å². The molecule has 1 aromatic heterocycles. The quantitative estimate of drug-likeness (QED) is 0.605. The van der Waals surface area contributed by atoms with Gasteiger partial charge in [-0.1, -0.05) is 0 Å². The number of aliphatic imine (C=N–C) groups is 1. The molecule has 1 N–H and O–H groups in total. The Morgan fingerprint density at radius 1 is 1.41 bits per heavy atom. The van der Waals surface area contributed by atoms with Crippen LogP contribution in [0.15, 0.2) is 16.4 Å². The molecule has 0 aliphatic carbocycles. The third-order valence-electron chi connectivity index (χ3n) is 5.64. The second kappa shape index (κ2) is 8.09. The van der Waals surface area contributed by atoms with Crippen LogP contribution in [-0.2, 0) is 22.8 Å². The molecule has 1 atom stereocenters. The summed E-state index contributed by atoms with van der Waals surface area (Å²) in [6.07, 6.45) is 1.12. The van der Waals surface area contributed by atoms with Crippen LogP contribution >= 0.6 is 11.3 Å². The standard InChI is InChI=1S/C19H32N4O2S2/c1-5-20-18(23-9-11-27(24,25)19(3,4)14-23)21-12-15(2)22-8-6-17-16(13-22)7-10-26-17/h7,10,15H,5-6,8-9,11-14H2,1-4H3,(H,20,21). The lowest BCUT2D eigenvalue weighted by molar-refractivity contribution is 0.196. The van der Waals surface area contributed by atoms with Crippen molar-refractivity contribution in [3.8, 4) is 0 Å². The molecule has 3 heterocycles. The zero-order valence-corrected chi connectivity index (χ0v) is 18.5. The summed E-state index contributed by atoms with van der Waals surface area (Å²) < 4.78 is 23.8. The smallest absolute Gasteiger partial charge is 0.194 e. The zero-order chi connectivity index (χ0) is 19.7. The molecule has 0 radical (unpaired) electrons. The highest BCUT2D eigenvalue weighted by Gasteiger charge is 2.41. The summed E-state index contributed by atoms with van der Waals surface area (Å²) in [7, 11) is -3.05. The number of guanidine groups is 1. The van der Waals surface area contributed by atoms with Gasteiger partial charge in [0.2, 0.25) is 0 Å². The van der Waals surface area contributed by atoms with Crippen LogP contribution in [0.25, 0.3) is 0 Å². The monoisotopic (exact) mass is 412 g/mol. The van der Waals surface area contributed by atoms with Gasteiger partial charge >= 0.3 is 0 Å². The van der Waals surface area contributed by atoms with Crippen molar-refractivity contribution in [2.45, 2.75) is 51.4 Å². The number of rotatable bonds is 4. The molecular formula is C19H32N4O2S2. The maximum atomic E-state index is 12.3. The summed E-state index contributed by atoms with van der Waals surface area (Å²) in [6.45, 7) is 12.5. The SMILES string of the molecule is CCNC(=NCC(C)N1CCc2sccc2C1)N1CCS(=O)(=O)C(C)(C)C1. The highest BCUT2D eigenvalue weighted by atomic mass is 32.2. The van der Waals surface area contributed by atoms with Crippen LogP contribution < -0.4 is 5.32 Å². The average molecular weight is 413 g/mol. The van der Waals surface area contributed by atoms with Crippen molar-refractivity contribution in [2.75, 3.05) is 38.5 Å². The van der Waals surface area contributed by atoms with E-state index in [1.165, 1.54) is 10.4 Å². The molecule has 8 heteroatoms. The Hall–Kier alpha value is -1.12. The van der Waals surface area contributed by atoms with Crippen LogP contribution in [0.4, 0.5) is 0 Å². The van der Waals surface area contributed by atoms with Crippen LogP contribution in [0.5, 0.6) is 0 Å². The van der Waals surface area contributed by atoms with E-state index < -0.39 is 14.6 Å². The maximum absolute atomic E-state index is 12.3. The minimum Gasteiger partial charge on any atom is -0.357 e. The molecule has 1 fully saturated rings. The summed E-state index contributed by atoms with van der Waals surface area (Å²) in [5.41, 5.74) is 1.46. The van der Waals surface area contributed by atoms with E-state index in [4.69, 9.17) is 4.99 Å². The lowest BCUT2D eigenvalue weighted by Crippen LogP contribution is -2.57. The van der Waals surface area contributed by atoms with Gasteiger partial charge in [0.05, 0.1) is 17.0 Å². The molecule has 2 aliphatic heterocycles. The molecule has 0 saturated carbocycles. The fourth-order valence-corrected chi connectivity index (χ4v) is 5.99. The van der Waals surface area contributed by atoms with E-state index in [-0.39, 0.29) is 5.75 Å². The predicted molar refractivity (Wildman–Crippen MR) is 113 cm³/mol. The van der Waals surface area contributed by atoms with Crippen LogP contribution in [0.3, 0.4) is 0 Å². The van der Waals surface area contributed by atoms with Gasteiger partial charge in [0, 0.05) is 43.6 Å². The van der Waals surface area contributed by atoms with Gasteiger partial charge < -0.3 is 10.2 Å². The number of hydrogen-bond donors (Lipinski definition) is 1. The number of nitrogens with zero attached hydrogens (tertiary/aromatic N) is 3. The molecule has 1 aromatic rings. The van der Waals surface area contributed by atoms with E-state index in [2.05, 4.69) is 33.5 Å². The highest BCUT2D eigenvalue weighted by molar-refractivity contribution is 7.92. The fourth-order valence-electron chi connectivity index (χ4n) is 3.73. The van der Waals surface area contributed by atoms with Crippen molar-refractivity contribution < 1.29 is 8.42 Å². The van der Waals surface area contributed by atoms with Gasteiger partial charge in [-0.15, -0.1) is 11.3 Å². The van der Waals surface area contributed by atoms with Gasteiger partial charge in [0.25, 0.3) is 0 Å². The van der Waals surface area contributed by atoms with E-state index in [0.717, 1.165) is 32.0 Å². The number of sulfone groups is 1. The van der Waals surface area contributed by atoms with Crippen LogP contribution in [0.2, 0.25) is 0 Å². The van der Waals surface area contributed by atoms with E-state index >= 15 is 0 Å². The summed E-state index contributed by atoms with van der Waals surface area (Å²) >= 11 is 1.86. The molecule has 0 bridgehead atoms. The largest absolute Gasteiger partial charge is 0.357 e. The Kier molecular flexibility index (Phi) is 6.17. The summed E-state index contributed by atoms with van der Waals surface area (Å²) in [5.74, 6) is 1.02. The first-order valence-electron chi connectivity index (χ1n) is 9.78. The number of hydrogen-bond acceptors (Lipinski definition) is 5. The summed E-state index contributed by atoms with van der Waals surface area (Å²) in [5, 5.41) is 5.54. The van der Waals surface area contributed by atoms with Crippen molar-refractivity contribution in [1.29, 1.82) is 0 Å². The van der Waals surface area contributed by atoms with Gasteiger partial charge in [-0.3, -0.25) is 9.89 Å². The molecule has 27 heavy (non-hydrogen) atoms. The number of thiophene rings is 1. The Balaban J connectivity index is 1.66. The van der Waals surface area contributed by atoms with Gasteiger partial charge in [0.15, 0.2) is 15.8 Å². The Morgan fingerprint density at radius 2 is 2.19 bits per heavy atom. The van der Waals surface area contributed by atoms with Crippen molar-refractivity contribution in [2.24, 2.45) is 4.99 Å². The Bertz CT molecular complexity index is 785. The van der Waals surface area contributed by atoms with Crippen molar-refractivity contribution in [1.82, 2.24) is 15.1 Å². The van der Waals surface area contributed by atoms with Gasteiger partial charge in [-0.25, -0.2) is 8.42 Å². The zero-order valence-electron chi connectivity index (χ0n) is 16.9. The maximum Gasteiger partial charge on any atom is 0.194 e. The van der Waals surface area contributed by atoms with E-state index in [0.29, 0.717) is 25.7 Å². The van der Waals surface area contributed by atoms with E-state index in [1.54, 1.807) is 0 Å². The molecule has 2 aliphatic rings. The van der Waals surface area contributed by atoms with Gasteiger partial charge in [-0.2, -0.15) is 0 Å². The Labute approximate surface area is 167 Å². The summed E-state index contributed by atoms with van der Waals surface area (Å²) in [6, 6.07) is 2.59. The fraction of sp³-hybridized carbons (Fsp3) is 0.737. The second-order valence-corrected chi connectivity index (χ2v) is 11.9. The average Bonchev–Trinajstić information content (AvgIpc) is 3.08. The third kappa shape index (κ3) is 4.49. The van der Waals surface area contributed by atoms with Crippen LogP contribution in [-0.4, -0.2) is 73.4 Å². The molecule has 0 spiro atoms. The lowest BCUT2D eigenvalue weighted by atomic mass is 10.1. The minimum atomic E-state index is -3.05. The normalized spacial score (nSPS) is 23.7. The summed E-state index contributed by atoms with van der Waals surface area (Å²) in [4.78, 5) is 11.0. The van der Waals surface area contributed by atoms with E-state index in [1.807, 2.05) is 32.1 Å². The van der Waals surface area contributed by atoms with Crippen LogP contribution in [0, 0.1) is 0 Å². The van der Waals surface area contributed by atoms with Crippen molar-refractivity contribution in [3.63, 3.8) is 0 Å². The molecule has 152 valence electrons. The van der Waals surface area contributed by atoms with Crippen LogP contribution in [0.1, 0.15) is 38.1 Å². The van der Waals surface area contributed by atoms with Crippen molar-refractivity contribution >= 4 is 27.1 Å². The lowest BCUT2D eigenvalue weighted by Gasteiger charge is -2.39. The highest BCUT2D eigenvalue weighted by Crippen LogP contribution is 2.26. The minimum absolute atomic E-state index is 0.188. The predicted octanol–water partition coefficient (Wildman–Crippen LogP) is 1.97. The first-order chi connectivity index (χ1) is 12.7. The number of nitrogens with one attached hydrogen (secondary N) is 1. The first-order valence-corrected chi connectivity index (χ1v) is 12.3. The Morgan fingerprint density at radius 3 is 2.89 bits per heavy atom. The molecule has 1 unspecified atom stereocenters. The molecule has 6 nitrogen and oxygen atoms in total. The second-order valence-electron chi connectivity index (χ2n) is 8.13. The van der Waals surface area contributed by atoms with Gasteiger partial charge in [0.1, 0.15) is 0 Å². The first kappa shape index (κ1) is 20.6. The third-order valence-corrected chi connectivity index (χ3v) is 9.20. The molecule has 1 saturated heterocycles.